The number of nitrogens with zero attached hydrogens (tertiary/aromatic N) is 2. The second-order valence-corrected chi connectivity index (χ2v) is 5.04. The molecule has 3 rings (SSSR count). The van der Waals surface area contributed by atoms with E-state index in [0.29, 0.717) is 10.0 Å². The first-order chi connectivity index (χ1) is 8.72. The third-order valence-electron chi connectivity index (χ3n) is 2.84. The van der Waals surface area contributed by atoms with Gasteiger partial charge in [-0.3, -0.25) is 0 Å². The molecule has 0 N–H and O–H groups in total. The van der Waals surface area contributed by atoms with Crippen molar-refractivity contribution in [1.29, 1.82) is 0 Å². The summed E-state index contributed by atoms with van der Waals surface area (Å²) in [6.07, 6.45) is 6.10. The van der Waals surface area contributed by atoms with E-state index in [9.17, 15) is 0 Å². The summed E-state index contributed by atoms with van der Waals surface area (Å²) in [6.45, 7) is 0.751. The maximum absolute atomic E-state index is 6.01. The van der Waals surface area contributed by atoms with Gasteiger partial charge >= 0.3 is 0 Å². The van der Waals surface area contributed by atoms with Crippen LogP contribution in [0, 0.1) is 0 Å². The Morgan fingerprint density at radius 2 is 1.78 bits per heavy atom. The molecule has 0 aliphatic rings. The van der Waals surface area contributed by atoms with Crippen LogP contribution in [0.1, 0.15) is 5.56 Å². The first-order valence-electron chi connectivity index (χ1n) is 5.62. The third-order valence-corrected chi connectivity index (χ3v) is 3.28. The molecule has 0 saturated carbocycles. The van der Waals surface area contributed by atoms with Crippen LogP contribution in [0.2, 0.25) is 10.0 Å². The highest BCUT2D eigenvalue weighted by molar-refractivity contribution is 6.34. The quantitative estimate of drug-likeness (QED) is 0.633. The molecule has 1 aromatic carbocycles. The average Bonchev–Trinajstić information content (AvgIpc) is 2.72. The summed E-state index contributed by atoms with van der Waals surface area (Å²) >= 11 is 12.0. The number of hydrogen-bond acceptors (Lipinski definition) is 0. The Balaban J connectivity index is 2.01. The number of aromatic nitrogens is 2. The largest absolute Gasteiger partial charge is 0.286 e. The average molecular weight is 278 g/mol. The van der Waals surface area contributed by atoms with Gasteiger partial charge in [0.1, 0.15) is 18.9 Å². The number of hydrogen-bond donors (Lipinski definition) is 0. The van der Waals surface area contributed by atoms with Gasteiger partial charge in [-0.25, -0.2) is 8.97 Å². The zero-order valence-electron chi connectivity index (χ0n) is 9.55. The van der Waals surface area contributed by atoms with Crippen molar-refractivity contribution >= 4 is 28.8 Å². The molecule has 0 fully saturated rings. The number of benzene rings is 1. The normalized spacial score (nSPS) is 11.0. The Bertz CT molecular complexity index is 684. The molecule has 0 spiro atoms. The number of imidazole rings is 1. The van der Waals surface area contributed by atoms with E-state index in [1.807, 2.05) is 42.9 Å². The van der Waals surface area contributed by atoms with Gasteiger partial charge in [0.25, 0.3) is 5.65 Å². The third kappa shape index (κ3) is 2.22. The van der Waals surface area contributed by atoms with Crippen molar-refractivity contribution in [1.82, 2.24) is 4.40 Å². The smallest absolute Gasteiger partial charge is 0.226 e. The molecule has 0 amide bonds. The Hall–Kier alpha value is -1.51. The summed E-state index contributed by atoms with van der Waals surface area (Å²) in [5, 5.41) is 1.34. The molecule has 2 heterocycles. The van der Waals surface area contributed by atoms with Crippen LogP contribution in [-0.4, -0.2) is 4.40 Å². The van der Waals surface area contributed by atoms with Gasteiger partial charge in [0.05, 0.1) is 6.20 Å². The molecular formula is C14H11Cl2N2+. The Morgan fingerprint density at radius 1 is 1.00 bits per heavy atom. The summed E-state index contributed by atoms with van der Waals surface area (Å²) in [6, 6.07) is 11.7. The lowest BCUT2D eigenvalue weighted by atomic mass is 10.2. The van der Waals surface area contributed by atoms with E-state index in [1.54, 1.807) is 6.07 Å². The Morgan fingerprint density at radius 3 is 2.56 bits per heavy atom. The SMILES string of the molecule is Clc1cc(Cl)cc(C[n+]2ccn3ccccc32)c1. The zero-order chi connectivity index (χ0) is 12.5. The predicted molar refractivity (Wildman–Crippen MR) is 73.2 cm³/mol. The minimum Gasteiger partial charge on any atom is -0.226 e. The predicted octanol–water partition coefficient (Wildman–Crippen LogP) is 3.58. The molecule has 18 heavy (non-hydrogen) atoms. The van der Waals surface area contributed by atoms with Gasteiger partial charge in [0.15, 0.2) is 0 Å². The highest BCUT2D eigenvalue weighted by Crippen LogP contribution is 2.19. The molecule has 4 heteroatoms. The van der Waals surface area contributed by atoms with Crippen molar-refractivity contribution in [2.24, 2.45) is 0 Å². The van der Waals surface area contributed by atoms with Crippen molar-refractivity contribution < 1.29 is 4.57 Å². The molecule has 0 unspecified atom stereocenters. The minimum atomic E-state index is 0.668. The number of fused-ring (bicyclic) bond motifs is 1. The van der Waals surface area contributed by atoms with Gasteiger partial charge in [0.2, 0.25) is 0 Å². The molecule has 0 aliphatic heterocycles. The van der Waals surface area contributed by atoms with Crippen LogP contribution in [0.15, 0.2) is 55.0 Å². The lowest BCUT2D eigenvalue weighted by Gasteiger charge is -2.01. The second-order valence-electron chi connectivity index (χ2n) is 4.17. The van der Waals surface area contributed by atoms with E-state index in [4.69, 9.17) is 23.2 Å². The Kier molecular flexibility index (Phi) is 2.98. The molecular weight excluding hydrogens is 267 g/mol. The summed E-state index contributed by atoms with van der Waals surface area (Å²) in [4.78, 5) is 0. The van der Waals surface area contributed by atoms with Gasteiger partial charge in [-0.1, -0.05) is 29.3 Å². The van der Waals surface area contributed by atoms with Gasteiger partial charge in [0, 0.05) is 16.1 Å². The number of rotatable bonds is 2. The molecule has 0 saturated heterocycles. The van der Waals surface area contributed by atoms with Crippen molar-refractivity contribution in [3.05, 3.63) is 70.6 Å². The van der Waals surface area contributed by atoms with Gasteiger partial charge < -0.3 is 0 Å². The fourth-order valence-corrected chi connectivity index (χ4v) is 2.65. The summed E-state index contributed by atoms with van der Waals surface area (Å²) in [5.74, 6) is 0. The van der Waals surface area contributed by atoms with Crippen LogP contribution in [0.4, 0.5) is 0 Å². The first kappa shape index (κ1) is 11.6. The summed E-state index contributed by atoms with van der Waals surface area (Å²) in [7, 11) is 0. The first-order valence-corrected chi connectivity index (χ1v) is 6.38. The van der Waals surface area contributed by atoms with Gasteiger partial charge in [-0.2, -0.15) is 0 Å². The molecule has 2 aromatic heterocycles. The van der Waals surface area contributed by atoms with E-state index in [2.05, 4.69) is 15.0 Å². The molecule has 90 valence electrons. The maximum atomic E-state index is 6.01. The van der Waals surface area contributed by atoms with Crippen molar-refractivity contribution in [2.45, 2.75) is 6.54 Å². The standard InChI is InChI=1S/C14H11Cl2N2/c15-12-7-11(8-13(16)9-12)10-18-6-5-17-4-2-1-3-14(17)18/h1-9H,10H2/q+1. The van der Waals surface area contributed by atoms with Crippen molar-refractivity contribution in [3.8, 4) is 0 Å². The highest BCUT2D eigenvalue weighted by Gasteiger charge is 2.09. The molecule has 3 aromatic rings. The van der Waals surface area contributed by atoms with E-state index in [0.717, 1.165) is 17.8 Å². The summed E-state index contributed by atoms with van der Waals surface area (Å²) in [5.41, 5.74) is 2.23. The van der Waals surface area contributed by atoms with Crippen LogP contribution >= 0.6 is 23.2 Å². The van der Waals surface area contributed by atoms with E-state index >= 15 is 0 Å². The van der Waals surface area contributed by atoms with E-state index < -0.39 is 0 Å². The number of halogens is 2. The zero-order valence-corrected chi connectivity index (χ0v) is 11.1. The fraction of sp³-hybridized carbons (Fsp3) is 0.0714. The van der Waals surface area contributed by atoms with Crippen molar-refractivity contribution in [3.63, 3.8) is 0 Å². The number of pyridine rings is 1. The van der Waals surface area contributed by atoms with Crippen LogP contribution in [0.5, 0.6) is 0 Å². The minimum absolute atomic E-state index is 0.668. The maximum Gasteiger partial charge on any atom is 0.286 e. The fourth-order valence-electron chi connectivity index (χ4n) is 2.08. The highest BCUT2D eigenvalue weighted by atomic mass is 35.5. The van der Waals surface area contributed by atoms with Gasteiger partial charge in [-0.15, -0.1) is 0 Å². The van der Waals surface area contributed by atoms with Crippen LogP contribution in [0.25, 0.3) is 5.65 Å². The molecule has 2 nitrogen and oxygen atoms in total. The van der Waals surface area contributed by atoms with E-state index in [-0.39, 0.29) is 0 Å². The molecule has 0 radical (unpaired) electrons. The lowest BCUT2D eigenvalue weighted by molar-refractivity contribution is -0.661. The molecule has 0 bridgehead atoms. The van der Waals surface area contributed by atoms with E-state index in [1.165, 1.54) is 0 Å². The van der Waals surface area contributed by atoms with Crippen LogP contribution in [-0.2, 0) is 6.54 Å². The summed E-state index contributed by atoms with van der Waals surface area (Å²) < 4.78 is 4.23. The van der Waals surface area contributed by atoms with Crippen molar-refractivity contribution in [2.75, 3.05) is 0 Å². The monoisotopic (exact) mass is 277 g/mol. The lowest BCUT2D eigenvalue weighted by Crippen LogP contribution is -2.32. The van der Waals surface area contributed by atoms with Gasteiger partial charge in [-0.05, 0) is 29.8 Å². The molecule has 0 atom stereocenters. The Labute approximate surface area is 115 Å². The molecule has 0 aliphatic carbocycles. The second kappa shape index (κ2) is 4.63. The van der Waals surface area contributed by atoms with Crippen LogP contribution < -0.4 is 4.57 Å². The van der Waals surface area contributed by atoms with Crippen LogP contribution in [0.3, 0.4) is 0 Å². The topological polar surface area (TPSA) is 8.29 Å².